The topological polar surface area (TPSA) is 126 Å². The number of nitrogens with one attached hydrogen (secondary N) is 3. The zero-order valence-corrected chi connectivity index (χ0v) is 16.5. The number of aromatic nitrogens is 1. The second-order valence-electron chi connectivity index (χ2n) is 7.08. The summed E-state index contributed by atoms with van der Waals surface area (Å²) < 4.78 is 10.9. The molecule has 0 aliphatic carbocycles. The lowest BCUT2D eigenvalue weighted by atomic mass is 9.97. The van der Waals surface area contributed by atoms with Gasteiger partial charge in [0, 0.05) is 5.69 Å². The maximum absolute atomic E-state index is 12.3. The second-order valence-corrected chi connectivity index (χ2v) is 7.08. The lowest BCUT2D eigenvalue weighted by molar-refractivity contribution is -0.126. The van der Waals surface area contributed by atoms with Crippen molar-refractivity contribution >= 4 is 23.3 Å². The van der Waals surface area contributed by atoms with Gasteiger partial charge in [-0.3, -0.25) is 4.79 Å². The van der Waals surface area contributed by atoms with E-state index in [1.54, 1.807) is 13.8 Å². The van der Waals surface area contributed by atoms with Crippen molar-refractivity contribution in [3.8, 4) is 0 Å². The summed E-state index contributed by atoms with van der Waals surface area (Å²) >= 11 is 0. The predicted octanol–water partition coefficient (Wildman–Crippen LogP) is 2.35. The highest BCUT2D eigenvalue weighted by atomic mass is 16.5. The number of nitrogens with zero attached hydrogens (tertiary/aromatic N) is 1. The van der Waals surface area contributed by atoms with E-state index in [4.69, 9.17) is 9.26 Å². The number of benzene rings is 1. The standard InChI is InChI=1S/C20H26N4O5/c1-12-19(13(2)29-24-12)23-20(27)22-16-9-8-15(28-17(16)11-25)10-18(26)21-14-6-4-3-5-7-14/h3-7,15-17,25H,8-11H2,1-2H3,(H,21,26)(H2,22,23,27)/t15-,16-,17-/m0/s1. The van der Waals surface area contributed by atoms with Gasteiger partial charge in [0.25, 0.3) is 0 Å². The van der Waals surface area contributed by atoms with Gasteiger partial charge in [-0.15, -0.1) is 0 Å². The Labute approximate surface area is 168 Å². The minimum atomic E-state index is -0.589. The molecule has 3 atom stereocenters. The number of anilines is 2. The summed E-state index contributed by atoms with van der Waals surface area (Å²) in [7, 11) is 0. The first-order valence-electron chi connectivity index (χ1n) is 9.58. The molecule has 1 aliphatic heterocycles. The molecule has 1 aromatic carbocycles. The summed E-state index contributed by atoms with van der Waals surface area (Å²) in [6.45, 7) is 3.19. The molecule has 3 rings (SSSR count). The lowest BCUT2D eigenvalue weighted by Crippen LogP contribution is -2.52. The number of para-hydroxylation sites is 1. The summed E-state index contributed by atoms with van der Waals surface area (Å²) in [6, 6.07) is 8.40. The Hall–Kier alpha value is -2.91. The molecule has 1 saturated heterocycles. The van der Waals surface area contributed by atoms with Crippen molar-refractivity contribution < 1.29 is 24.0 Å². The van der Waals surface area contributed by atoms with E-state index in [1.165, 1.54) is 0 Å². The van der Waals surface area contributed by atoms with E-state index in [2.05, 4.69) is 21.1 Å². The van der Waals surface area contributed by atoms with Crippen LogP contribution >= 0.6 is 0 Å². The number of aliphatic hydroxyl groups excluding tert-OH is 1. The summed E-state index contributed by atoms with van der Waals surface area (Å²) in [5.41, 5.74) is 1.83. The van der Waals surface area contributed by atoms with Crippen LogP contribution in [0.25, 0.3) is 0 Å². The smallest absolute Gasteiger partial charge is 0.319 e. The van der Waals surface area contributed by atoms with Gasteiger partial charge in [0.1, 0.15) is 17.5 Å². The van der Waals surface area contributed by atoms with Gasteiger partial charge in [0.05, 0.1) is 25.2 Å². The van der Waals surface area contributed by atoms with E-state index in [9.17, 15) is 14.7 Å². The Morgan fingerprint density at radius 1 is 1.17 bits per heavy atom. The number of ether oxygens (including phenoxy) is 1. The van der Waals surface area contributed by atoms with Gasteiger partial charge in [0.2, 0.25) is 5.91 Å². The SMILES string of the molecule is Cc1noc(C)c1NC(=O)N[C@H]1CC[C@@H](CC(=O)Nc2ccccc2)O[C@H]1CO. The lowest BCUT2D eigenvalue weighted by Gasteiger charge is -2.35. The van der Waals surface area contributed by atoms with Crippen LogP contribution in [0.1, 0.15) is 30.7 Å². The average molecular weight is 402 g/mol. The fourth-order valence-corrected chi connectivity index (χ4v) is 3.37. The first kappa shape index (κ1) is 20.8. The van der Waals surface area contributed by atoms with Crippen molar-refractivity contribution in [1.82, 2.24) is 10.5 Å². The van der Waals surface area contributed by atoms with Crippen molar-refractivity contribution in [2.45, 2.75) is 51.4 Å². The number of hydrogen-bond acceptors (Lipinski definition) is 6. The Morgan fingerprint density at radius 3 is 2.59 bits per heavy atom. The monoisotopic (exact) mass is 402 g/mol. The van der Waals surface area contributed by atoms with Gasteiger partial charge in [-0.05, 0) is 38.8 Å². The molecule has 0 saturated carbocycles. The van der Waals surface area contributed by atoms with E-state index in [-0.39, 0.29) is 31.1 Å². The minimum Gasteiger partial charge on any atom is -0.394 e. The van der Waals surface area contributed by atoms with Crippen LogP contribution in [0.15, 0.2) is 34.9 Å². The van der Waals surface area contributed by atoms with Crippen LogP contribution in [0.3, 0.4) is 0 Å². The van der Waals surface area contributed by atoms with Gasteiger partial charge in [0.15, 0.2) is 5.76 Å². The van der Waals surface area contributed by atoms with Crippen molar-refractivity contribution in [2.75, 3.05) is 17.2 Å². The van der Waals surface area contributed by atoms with E-state index >= 15 is 0 Å². The van der Waals surface area contributed by atoms with Crippen LogP contribution < -0.4 is 16.0 Å². The molecule has 3 amide bonds. The highest BCUT2D eigenvalue weighted by Gasteiger charge is 2.33. The number of carbonyl (C=O) groups is 2. The zero-order chi connectivity index (χ0) is 20.8. The van der Waals surface area contributed by atoms with E-state index in [1.807, 2.05) is 30.3 Å². The van der Waals surface area contributed by atoms with Crippen molar-refractivity contribution in [1.29, 1.82) is 0 Å². The molecule has 2 aromatic rings. The quantitative estimate of drug-likeness (QED) is 0.588. The Bertz CT molecular complexity index is 819. The van der Waals surface area contributed by atoms with Crippen LogP contribution in [0.5, 0.6) is 0 Å². The Balaban J connectivity index is 1.50. The van der Waals surface area contributed by atoms with Crippen LogP contribution in [0.4, 0.5) is 16.2 Å². The van der Waals surface area contributed by atoms with Crippen molar-refractivity contribution in [3.05, 3.63) is 41.8 Å². The molecule has 0 bridgehead atoms. The van der Waals surface area contributed by atoms with E-state index in [0.717, 1.165) is 5.69 Å². The molecule has 0 spiro atoms. The van der Waals surface area contributed by atoms with E-state index < -0.39 is 12.1 Å². The molecule has 9 heteroatoms. The van der Waals surface area contributed by atoms with Crippen molar-refractivity contribution in [3.63, 3.8) is 0 Å². The molecule has 1 aliphatic rings. The van der Waals surface area contributed by atoms with Gasteiger partial charge in [-0.25, -0.2) is 4.79 Å². The molecule has 2 heterocycles. The minimum absolute atomic E-state index is 0.152. The number of rotatable bonds is 6. The van der Waals surface area contributed by atoms with Gasteiger partial charge >= 0.3 is 6.03 Å². The maximum atomic E-state index is 12.3. The third kappa shape index (κ3) is 5.55. The molecule has 4 N–H and O–H groups in total. The van der Waals surface area contributed by atoms with Crippen molar-refractivity contribution in [2.24, 2.45) is 0 Å². The molecule has 1 aromatic heterocycles. The largest absolute Gasteiger partial charge is 0.394 e. The maximum Gasteiger partial charge on any atom is 0.319 e. The number of urea groups is 1. The summed E-state index contributed by atoms with van der Waals surface area (Å²) in [4.78, 5) is 24.5. The number of aliphatic hydroxyl groups is 1. The first-order valence-corrected chi connectivity index (χ1v) is 9.58. The molecule has 29 heavy (non-hydrogen) atoms. The summed E-state index contributed by atoms with van der Waals surface area (Å²) in [5.74, 6) is 0.362. The van der Waals surface area contributed by atoms with Crippen LogP contribution in [-0.4, -0.2) is 47.1 Å². The molecule has 156 valence electrons. The first-order chi connectivity index (χ1) is 14.0. The Kier molecular flexibility index (Phi) is 6.84. The predicted molar refractivity (Wildman–Crippen MR) is 107 cm³/mol. The number of carbonyl (C=O) groups excluding carboxylic acids is 2. The average Bonchev–Trinajstić information content (AvgIpc) is 3.01. The molecular formula is C20H26N4O5. The zero-order valence-electron chi connectivity index (χ0n) is 16.5. The normalized spacial score (nSPS) is 21.4. The van der Waals surface area contributed by atoms with Crippen LogP contribution in [-0.2, 0) is 9.53 Å². The molecule has 0 unspecified atom stereocenters. The molecular weight excluding hydrogens is 376 g/mol. The number of aryl methyl sites for hydroxylation is 2. The highest BCUT2D eigenvalue weighted by Crippen LogP contribution is 2.23. The van der Waals surface area contributed by atoms with Gasteiger partial charge < -0.3 is 30.3 Å². The van der Waals surface area contributed by atoms with Gasteiger partial charge in [-0.1, -0.05) is 23.4 Å². The molecule has 0 radical (unpaired) electrons. The third-order valence-corrected chi connectivity index (χ3v) is 4.85. The van der Waals surface area contributed by atoms with Gasteiger partial charge in [-0.2, -0.15) is 0 Å². The third-order valence-electron chi connectivity index (χ3n) is 4.85. The number of amides is 3. The molecule has 9 nitrogen and oxygen atoms in total. The van der Waals surface area contributed by atoms with Crippen LogP contribution in [0.2, 0.25) is 0 Å². The number of hydrogen-bond donors (Lipinski definition) is 4. The summed E-state index contributed by atoms with van der Waals surface area (Å²) in [5, 5.41) is 21.8. The second kappa shape index (κ2) is 9.53. The van der Waals surface area contributed by atoms with E-state index in [0.29, 0.717) is 30.0 Å². The fraction of sp³-hybridized carbons (Fsp3) is 0.450. The van der Waals surface area contributed by atoms with Crippen LogP contribution in [0, 0.1) is 13.8 Å². The fourth-order valence-electron chi connectivity index (χ4n) is 3.37. The Morgan fingerprint density at radius 2 is 1.93 bits per heavy atom. The summed E-state index contributed by atoms with van der Waals surface area (Å²) in [6.07, 6.45) is 0.454. The highest BCUT2D eigenvalue weighted by molar-refractivity contribution is 5.91. The molecule has 1 fully saturated rings.